The zero-order chi connectivity index (χ0) is 22.8. The number of benzene rings is 3. The first kappa shape index (κ1) is 23.5. The maximum Gasteiger partial charge on any atom is 0.269 e. The van der Waals surface area contributed by atoms with E-state index in [1.165, 1.54) is 23.9 Å². The van der Waals surface area contributed by atoms with E-state index in [0.29, 0.717) is 18.1 Å². The van der Waals surface area contributed by atoms with Gasteiger partial charge in [-0.1, -0.05) is 34.1 Å². The lowest BCUT2D eigenvalue weighted by Crippen LogP contribution is -2.19. The predicted molar refractivity (Wildman–Crippen MR) is 130 cm³/mol. The van der Waals surface area contributed by atoms with Crippen molar-refractivity contribution >= 4 is 45.5 Å². The molecule has 3 rings (SSSR count). The minimum absolute atomic E-state index is 0.0485. The van der Waals surface area contributed by atoms with Crippen LogP contribution in [0.25, 0.3) is 0 Å². The van der Waals surface area contributed by atoms with Gasteiger partial charge in [0.15, 0.2) is 0 Å². The second kappa shape index (κ2) is 12.0. The summed E-state index contributed by atoms with van der Waals surface area (Å²) in [6, 6.07) is 21.4. The zero-order valence-electron chi connectivity index (χ0n) is 16.9. The normalized spacial score (nSPS) is 10.8. The molecule has 1 amide bonds. The summed E-state index contributed by atoms with van der Waals surface area (Å²) in [5.41, 5.74) is 5.36. The van der Waals surface area contributed by atoms with E-state index in [2.05, 4.69) is 26.5 Å². The van der Waals surface area contributed by atoms with Crippen LogP contribution in [0, 0.1) is 10.1 Å². The van der Waals surface area contributed by atoms with Gasteiger partial charge in [-0.25, -0.2) is 5.43 Å². The summed E-state index contributed by atoms with van der Waals surface area (Å²) in [6.07, 6.45) is 1.57. The van der Waals surface area contributed by atoms with E-state index in [4.69, 9.17) is 4.74 Å². The topological polar surface area (TPSA) is 93.8 Å². The summed E-state index contributed by atoms with van der Waals surface area (Å²) in [5, 5.41) is 14.7. The number of nitro benzene ring substituents is 1. The Balaban J connectivity index is 1.39. The third-order valence-electron chi connectivity index (χ3n) is 4.28. The van der Waals surface area contributed by atoms with Gasteiger partial charge in [-0.2, -0.15) is 5.10 Å². The van der Waals surface area contributed by atoms with E-state index in [1.807, 2.05) is 36.4 Å². The Morgan fingerprint density at radius 2 is 1.81 bits per heavy atom. The van der Waals surface area contributed by atoms with E-state index in [0.717, 1.165) is 26.9 Å². The van der Waals surface area contributed by atoms with Crippen molar-refractivity contribution in [2.45, 2.75) is 12.4 Å². The third-order valence-corrected chi connectivity index (χ3v) is 6.04. The van der Waals surface area contributed by atoms with Gasteiger partial charge in [-0.3, -0.25) is 14.9 Å². The van der Waals surface area contributed by atoms with Crippen LogP contribution in [0.4, 0.5) is 5.69 Å². The van der Waals surface area contributed by atoms with Crippen molar-refractivity contribution in [1.82, 2.24) is 5.43 Å². The van der Waals surface area contributed by atoms with Crippen molar-refractivity contribution in [2.24, 2.45) is 5.10 Å². The second-order valence-electron chi connectivity index (χ2n) is 6.66. The summed E-state index contributed by atoms with van der Waals surface area (Å²) >= 11 is 5.01. The molecule has 0 aromatic heterocycles. The number of nitro groups is 1. The van der Waals surface area contributed by atoms with Crippen molar-refractivity contribution in [2.75, 3.05) is 5.75 Å². The summed E-state index contributed by atoms with van der Waals surface area (Å²) in [5.74, 6) is 1.54. The molecule has 32 heavy (non-hydrogen) atoms. The SMILES string of the molecule is O=C(CSCc1ccccc1Br)N/N=C/c1ccc(OCc2ccc([N+](=O)[O-])cc2)cc1. The van der Waals surface area contributed by atoms with E-state index in [1.54, 1.807) is 30.5 Å². The number of carbonyl (C=O) groups excluding carboxylic acids is 1. The Morgan fingerprint density at radius 1 is 1.09 bits per heavy atom. The predicted octanol–water partition coefficient (Wildman–Crippen LogP) is 5.32. The average molecular weight is 514 g/mol. The van der Waals surface area contributed by atoms with Crippen LogP contribution in [0.5, 0.6) is 5.75 Å². The standard InChI is InChI=1S/C23H20BrN3O4S/c24-22-4-2-1-3-19(22)15-32-16-23(28)26-25-13-17-7-11-21(12-8-17)31-14-18-5-9-20(10-6-18)27(29)30/h1-13H,14-16H2,(H,26,28)/b25-13+. The summed E-state index contributed by atoms with van der Waals surface area (Å²) < 4.78 is 6.72. The van der Waals surface area contributed by atoms with Gasteiger partial charge in [0.1, 0.15) is 12.4 Å². The Kier molecular flexibility index (Phi) is 8.82. The summed E-state index contributed by atoms with van der Waals surface area (Å²) in [4.78, 5) is 22.2. The number of amides is 1. The van der Waals surface area contributed by atoms with E-state index < -0.39 is 4.92 Å². The zero-order valence-corrected chi connectivity index (χ0v) is 19.3. The van der Waals surface area contributed by atoms with Crippen LogP contribution in [-0.4, -0.2) is 22.8 Å². The lowest BCUT2D eigenvalue weighted by atomic mass is 10.2. The molecule has 0 saturated heterocycles. The van der Waals surface area contributed by atoms with Crippen LogP contribution in [-0.2, 0) is 17.2 Å². The lowest BCUT2D eigenvalue weighted by Gasteiger charge is -2.06. The molecule has 0 radical (unpaired) electrons. The van der Waals surface area contributed by atoms with E-state index in [-0.39, 0.29) is 11.6 Å². The van der Waals surface area contributed by atoms with Crippen LogP contribution in [0.1, 0.15) is 16.7 Å². The largest absolute Gasteiger partial charge is 0.489 e. The fourth-order valence-corrected chi connectivity index (χ4v) is 4.05. The Labute approximate surface area is 198 Å². The quantitative estimate of drug-likeness (QED) is 0.225. The number of non-ortho nitro benzene ring substituents is 1. The number of hydrogen-bond donors (Lipinski definition) is 1. The van der Waals surface area contributed by atoms with Gasteiger partial charge in [0, 0.05) is 22.4 Å². The maximum absolute atomic E-state index is 11.9. The average Bonchev–Trinajstić information content (AvgIpc) is 2.80. The van der Waals surface area contributed by atoms with Gasteiger partial charge >= 0.3 is 0 Å². The Bertz CT molecular complexity index is 1090. The first-order valence-electron chi connectivity index (χ1n) is 9.60. The molecule has 1 N–H and O–H groups in total. The maximum atomic E-state index is 11.9. The van der Waals surface area contributed by atoms with Gasteiger partial charge in [-0.15, -0.1) is 11.8 Å². The first-order valence-corrected chi connectivity index (χ1v) is 11.6. The molecule has 0 aliphatic rings. The Morgan fingerprint density at radius 3 is 2.50 bits per heavy atom. The fourth-order valence-electron chi connectivity index (χ4n) is 2.61. The van der Waals surface area contributed by atoms with Gasteiger partial charge in [0.05, 0.1) is 16.9 Å². The number of halogens is 1. The third kappa shape index (κ3) is 7.51. The number of rotatable bonds is 10. The monoisotopic (exact) mass is 513 g/mol. The molecule has 0 heterocycles. The molecule has 0 fully saturated rings. The van der Waals surface area contributed by atoms with Crippen LogP contribution in [0.3, 0.4) is 0 Å². The van der Waals surface area contributed by atoms with Crippen molar-refractivity contribution < 1.29 is 14.5 Å². The van der Waals surface area contributed by atoms with Gasteiger partial charge < -0.3 is 4.74 Å². The Hall–Kier alpha value is -3.17. The van der Waals surface area contributed by atoms with Crippen molar-refractivity contribution in [3.05, 3.63) is 104 Å². The fraction of sp³-hybridized carbons (Fsp3) is 0.130. The molecule has 3 aromatic carbocycles. The number of thioether (sulfide) groups is 1. The highest BCUT2D eigenvalue weighted by Gasteiger charge is 2.05. The van der Waals surface area contributed by atoms with Crippen LogP contribution < -0.4 is 10.2 Å². The molecule has 0 spiro atoms. The summed E-state index contributed by atoms with van der Waals surface area (Å²) in [7, 11) is 0. The van der Waals surface area contributed by atoms with Crippen LogP contribution in [0.15, 0.2) is 82.4 Å². The lowest BCUT2D eigenvalue weighted by molar-refractivity contribution is -0.384. The molecule has 0 unspecified atom stereocenters. The molecule has 0 aliphatic carbocycles. The molecular formula is C23H20BrN3O4S. The second-order valence-corrected chi connectivity index (χ2v) is 8.50. The molecule has 164 valence electrons. The van der Waals surface area contributed by atoms with Crippen molar-refractivity contribution in [3.8, 4) is 5.75 Å². The molecule has 9 heteroatoms. The highest BCUT2D eigenvalue weighted by atomic mass is 79.9. The molecule has 0 atom stereocenters. The number of ether oxygens (including phenoxy) is 1. The van der Waals surface area contributed by atoms with Crippen LogP contribution >= 0.6 is 27.7 Å². The number of nitrogens with one attached hydrogen (secondary N) is 1. The molecule has 0 bridgehead atoms. The molecule has 3 aromatic rings. The van der Waals surface area contributed by atoms with E-state index in [9.17, 15) is 14.9 Å². The number of nitrogens with zero attached hydrogens (tertiary/aromatic N) is 2. The smallest absolute Gasteiger partial charge is 0.269 e. The highest BCUT2D eigenvalue weighted by molar-refractivity contribution is 9.10. The number of hydrazone groups is 1. The number of hydrogen-bond acceptors (Lipinski definition) is 6. The first-order chi connectivity index (χ1) is 15.5. The van der Waals surface area contributed by atoms with Crippen molar-refractivity contribution in [1.29, 1.82) is 0 Å². The minimum Gasteiger partial charge on any atom is -0.489 e. The van der Waals surface area contributed by atoms with Gasteiger partial charge in [0.25, 0.3) is 5.69 Å². The van der Waals surface area contributed by atoms with Gasteiger partial charge in [-0.05, 0) is 59.2 Å². The molecular weight excluding hydrogens is 494 g/mol. The van der Waals surface area contributed by atoms with Gasteiger partial charge in [0.2, 0.25) is 5.91 Å². The minimum atomic E-state index is -0.434. The molecule has 7 nitrogen and oxygen atoms in total. The van der Waals surface area contributed by atoms with Crippen molar-refractivity contribution in [3.63, 3.8) is 0 Å². The number of carbonyl (C=O) groups is 1. The molecule has 0 aliphatic heterocycles. The molecule has 0 saturated carbocycles. The highest BCUT2D eigenvalue weighted by Crippen LogP contribution is 2.21. The summed E-state index contributed by atoms with van der Waals surface area (Å²) in [6.45, 7) is 0.304. The van der Waals surface area contributed by atoms with E-state index >= 15 is 0 Å². The van der Waals surface area contributed by atoms with Crippen LogP contribution in [0.2, 0.25) is 0 Å².